The first-order valence-corrected chi connectivity index (χ1v) is 10.9. The summed E-state index contributed by atoms with van der Waals surface area (Å²) < 4.78 is 16.5. The molecule has 7 N–H and O–H groups in total. The van der Waals surface area contributed by atoms with Crippen molar-refractivity contribution < 1.29 is 44.8 Å². The average Bonchev–Trinajstić information content (AvgIpc) is 2.69. The lowest BCUT2D eigenvalue weighted by Gasteiger charge is -2.47. The Balaban J connectivity index is 1.50. The van der Waals surface area contributed by atoms with Crippen LogP contribution in [0.3, 0.4) is 0 Å². The van der Waals surface area contributed by atoms with Crippen LogP contribution < -0.4 is 0 Å². The summed E-state index contributed by atoms with van der Waals surface area (Å²) in [5, 5.41) is 60.4. The predicted octanol–water partition coefficient (Wildman–Crippen LogP) is -1.84. The standard InChI is InChI=1S/C20H34O9/c21-10-3-1-9(2-4-10)19-16(29-20-18(26)17(25)14(24)8-27-20)7-12-13(23)5-11(22)6-15(12)28-19/h9-26H,1-8H2/p+1. The van der Waals surface area contributed by atoms with Crippen LogP contribution in [-0.2, 0) is 9.47 Å². The monoisotopic (exact) mass is 419 g/mol. The highest BCUT2D eigenvalue weighted by molar-refractivity contribution is 4.97. The Kier molecular flexibility index (Phi) is 6.80. The van der Waals surface area contributed by atoms with Gasteiger partial charge in [-0.1, -0.05) is 0 Å². The molecule has 2 aliphatic carbocycles. The lowest BCUT2D eigenvalue weighted by Crippen LogP contribution is -2.60. The van der Waals surface area contributed by atoms with Gasteiger partial charge >= 0.3 is 0 Å². The van der Waals surface area contributed by atoms with Crippen molar-refractivity contribution >= 4 is 0 Å². The van der Waals surface area contributed by atoms with E-state index in [1.807, 2.05) is 0 Å². The average molecular weight is 419 g/mol. The van der Waals surface area contributed by atoms with Crippen LogP contribution in [0.1, 0.15) is 44.9 Å². The molecule has 4 fully saturated rings. The topological polar surface area (TPSA) is 153 Å². The van der Waals surface area contributed by atoms with E-state index in [1.54, 1.807) is 0 Å². The van der Waals surface area contributed by atoms with Gasteiger partial charge in [-0.2, -0.15) is 0 Å². The fourth-order valence-electron chi connectivity index (χ4n) is 5.55. The SMILES string of the molecule is OC1CCC(C2[OH+]C3CC(O)CC(O)C3CC2OC2OCC(O)C(O)C2O)CC1. The van der Waals surface area contributed by atoms with E-state index in [0.29, 0.717) is 32.1 Å². The maximum atomic E-state index is 10.5. The second kappa shape index (κ2) is 9.02. The molecule has 0 radical (unpaired) electrons. The lowest BCUT2D eigenvalue weighted by molar-refractivity contribution is -0.344. The van der Waals surface area contributed by atoms with Crippen LogP contribution in [0.4, 0.5) is 0 Å². The van der Waals surface area contributed by atoms with E-state index in [4.69, 9.17) is 14.2 Å². The number of hydrogen-bond donors (Lipinski definition) is 6. The molecule has 29 heavy (non-hydrogen) atoms. The summed E-state index contributed by atoms with van der Waals surface area (Å²) in [5.74, 6) is 0.0712. The molecule has 0 aromatic heterocycles. The molecular weight excluding hydrogens is 384 g/mol. The molecule has 2 saturated carbocycles. The molecule has 0 aromatic carbocycles. The summed E-state index contributed by atoms with van der Waals surface area (Å²) in [6, 6.07) is 0. The Bertz CT molecular complexity index is 540. The Labute approximate surface area is 170 Å². The van der Waals surface area contributed by atoms with Crippen molar-refractivity contribution in [3.05, 3.63) is 0 Å². The van der Waals surface area contributed by atoms with Gasteiger partial charge in [-0.05, 0) is 32.1 Å². The highest BCUT2D eigenvalue weighted by Crippen LogP contribution is 2.41. The van der Waals surface area contributed by atoms with Crippen molar-refractivity contribution in [2.45, 2.75) is 106 Å². The van der Waals surface area contributed by atoms with Crippen LogP contribution in [0.25, 0.3) is 0 Å². The van der Waals surface area contributed by atoms with Crippen LogP contribution in [-0.4, -0.2) is 103 Å². The number of ether oxygens (including phenoxy) is 3. The van der Waals surface area contributed by atoms with Crippen molar-refractivity contribution in [1.29, 1.82) is 0 Å². The van der Waals surface area contributed by atoms with Gasteiger partial charge in [-0.15, -0.1) is 0 Å². The molecule has 10 atom stereocenters. The van der Waals surface area contributed by atoms with E-state index in [2.05, 4.69) is 0 Å². The van der Waals surface area contributed by atoms with Crippen LogP contribution in [0.2, 0.25) is 0 Å². The third-order valence-corrected chi connectivity index (χ3v) is 7.25. The fourth-order valence-corrected chi connectivity index (χ4v) is 5.55. The minimum Gasteiger partial charge on any atom is -0.427 e. The summed E-state index contributed by atoms with van der Waals surface area (Å²) in [4.78, 5) is 0. The highest BCUT2D eigenvalue weighted by Gasteiger charge is 2.53. The Morgan fingerprint density at radius 1 is 0.759 bits per heavy atom. The first-order chi connectivity index (χ1) is 13.8. The van der Waals surface area contributed by atoms with Crippen molar-refractivity contribution in [1.82, 2.24) is 0 Å². The molecule has 9 heteroatoms. The number of hydrogen-bond acceptors (Lipinski definition) is 8. The molecular formula is C20H35O9+. The third kappa shape index (κ3) is 4.63. The molecule has 10 unspecified atom stereocenters. The summed E-state index contributed by atoms with van der Waals surface area (Å²) in [6.07, 6.45) is -2.84. The maximum Gasteiger partial charge on any atom is 0.186 e. The van der Waals surface area contributed by atoms with Gasteiger partial charge < -0.3 is 44.8 Å². The number of rotatable bonds is 3. The summed E-state index contributed by atoms with van der Waals surface area (Å²) >= 11 is 0. The molecule has 0 bridgehead atoms. The summed E-state index contributed by atoms with van der Waals surface area (Å²) in [5.41, 5.74) is 0. The van der Waals surface area contributed by atoms with Crippen LogP contribution in [0.5, 0.6) is 0 Å². The molecule has 2 aliphatic heterocycles. The van der Waals surface area contributed by atoms with Gasteiger partial charge in [0.2, 0.25) is 0 Å². The van der Waals surface area contributed by atoms with E-state index < -0.39 is 42.9 Å². The molecule has 0 aromatic rings. The van der Waals surface area contributed by atoms with E-state index in [-0.39, 0.29) is 36.8 Å². The molecule has 2 heterocycles. The third-order valence-electron chi connectivity index (χ3n) is 7.25. The Morgan fingerprint density at radius 3 is 2.21 bits per heavy atom. The molecule has 2 saturated heterocycles. The first kappa shape index (κ1) is 21.9. The Morgan fingerprint density at radius 2 is 1.48 bits per heavy atom. The highest BCUT2D eigenvalue weighted by atomic mass is 16.7. The largest absolute Gasteiger partial charge is 0.427 e. The smallest absolute Gasteiger partial charge is 0.186 e. The molecule has 168 valence electrons. The molecule has 4 rings (SSSR count). The minimum atomic E-state index is -1.37. The van der Waals surface area contributed by atoms with E-state index in [9.17, 15) is 30.6 Å². The van der Waals surface area contributed by atoms with Crippen molar-refractivity contribution in [2.24, 2.45) is 11.8 Å². The zero-order chi connectivity index (χ0) is 20.7. The van der Waals surface area contributed by atoms with Gasteiger partial charge in [0.05, 0.1) is 30.8 Å². The fraction of sp³-hybridized carbons (Fsp3) is 1.00. The zero-order valence-electron chi connectivity index (χ0n) is 16.5. The normalized spacial score (nSPS) is 54.0. The number of fused-ring (bicyclic) bond motifs is 1. The zero-order valence-corrected chi connectivity index (χ0v) is 16.5. The second-order valence-corrected chi connectivity index (χ2v) is 9.29. The van der Waals surface area contributed by atoms with E-state index in [0.717, 1.165) is 12.8 Å². The van der Waals surface area contributed by atoms with Gasteiger partial charge in [0.15, 0.2) is 18.5 Å². The summed E-state index contributed by atoms with van der Waals surface area (Å²) in [7, 11) is 0. The molecule has 4 aliphatic rings. The van der Waals surface area contributed by atoms with Gasteiger partial charge in [0.1, 0.15) is 24.4 Å². The minimum absolute atomic E-state index is 0.131. The van der Waals surface area contributed by atoms with E-state index >= 15 is 0 Å². The quantitative estimate of drug-likeness (QED) is 0.292. The van der Waals surface area contributed by atoms with Gasteiger partial charge in [-0.25, -0.2) is 0 Å². The first-order valence-electron chi connectivity index (χ1n) is 10.9. The Hall–Kier alpha value is -0.360. The van der Waals surface area contributed by atoms with E-state index in [1.165, 1.54) is 0 Å². The van der Waals surface area contributed by atoms with Crippen LogP contribution in [0.15, 0.2) is 0 Å². The second-order valence-electron chi connectivity index (χ2n) is 9.29. The maximum absolute atomic E-state index is 10.5. The van der Waals surface area contributed by atoms with Crippen molar-refractivity contribution in [3.8, 4) is 0 Å². The van der Waals surface area contributed by atoms with Crippen molar-refractivity contribution in [2.75, 3.05) is 6.61 Å². The number of aliphatic hydroxyl groups excluding tert-OH is 6. The van der Waals surface area contributed by atoms with Gasteiger partial charge in [0.25, 0.3) is 0 Å². The summed E-state index contributed by atoms with van der Waals surface area (Å²) in [6.45, 7) is -0.131. The van der Waals surface area contributed by atoms with Crippen LogP contribution >= 0.6 is 0 Å². The van der Waals surface area contributed by atoms with Gasteiger partial charge in [-0.3, -0.25) is 0 Å². The van der Waals surface area contributed by atoms with Crippen molar-refractivity contribution in [3.63, 3.8) is 0 Å². The van der Waals surface area contributed by atoms with Gasteiger partial charge in [0, 0.05) is 18.8 Å². The predicted molar refractivity (Wildman–Crippen MR) is 99.7 cm³/mol. The molecule has 0 amide bonds. The molecule has 9 nitrogen and oxygen atoms in total. The molecule has 0 spiro atoms. The van der Waals surface area contributed by atoms with Crippen LogP contribution in [0, 0.1) is 11.8 Å². The number of aliphatic hydroxyl groups is 8. The lowest BCUT2D eigenvalue weighted by atomic mass is 9.73.